The highest BCUT2D eigenvalue weighted by atomic mass is 16.5. The van der Waals surface area contributed by atoms with Crippen molar-refractivity contribution in [3.8, 4) is 0 Å². The lowest BCUT2D eigenvalue weighted by Gasteiger charge is -2.24. The highest BCUT2D eigenvalue weighted by molar-refractivity contribution is 5.57. The van der Waals surface area contributed by atoms with Gasteiger partial charge in [0.05, 0.1) is 5.60 Å². The van der Waals surface area contributed by atoms with E-state index in [9.17, 15) is 0 Å². The van der Waals surface area contributed by atoms with Gasteiger partial charge in [0.25, 0.3) is 0 Å². The van der Waals surface area contributed by atoms with Crippen LogP contribution in [0.1, 0.15) is 32.3 Å². The van der Waals surface area contributed by atoms with Gasteiger partial charge >= 0.3 is 0 Å². The Morgan fingerprint density at radius 1 is 1.39 bits per heavy atom. The van der Waals surface area contributed by atoms with Gasteiger partial charge in [0.2, 0.25) is 0 Å². The molecule has 0 saturated carbocycles. The van der Waals surface area contributed by atoms with Crippen molar-refractivity contribution in [2.24, 2.45) is 0 Å². The van der Waals surface area contributed by atoms with Crippen molar-refractivity contribution < 1.29 is 4.74 Å². The Labute approximate surface area is 108 Å². The van der Waals surface area contributed by atoms with Gasteiger partial charge in [0.1, 0.15) is 18.0 Å². The number of aromatic nitrogens is 2. The van der Waals surface area contributed by atoms with Gasteiger partial charge in [-0.05, 0) is 26.2 Å². The van der Waals surface area contributed by atoms with Gasteiger partial charge in [-0.25, -0.2) is 9.97 Å². The van der Waals surface area contributed by atoms with E-state index in [1.807, 2.05) is 7.05 Å². The van der Waals surface area contributed by atoms with Crippen molar-refractivity contribution in [2.75, 3.05) is 30.8 Å². The van der Waals surface area contributed by atoms with E-state index in [1.165, 1.54) is 0 Å². The predicted molar refractivity (Wildman–Crippen MR) is 73.0 cm³/mol. The Morgan fingerprint density at radius 3 is 2.78 bits per heavy atom. The maximum atomic E-state index is 5.77. The van der Waals surface area contributed by atoms with Crippen LogP contribution in [0.3, 0.4) is 0 Å². The van der Waals surface area contributed by atoms with Crippen molar-refractivity contribution >= 4 is 11.6 Å². The van der Waals surface area contributed by atoms with E-state index in [4.69, 9.17) is 4.74 Å². The molecule has 1 aromatic heterocycles. The predicted octanol–water partition coefficient (Wildman–Crippen LogP) is 2.06. The standard InChI is InChI=1S/C13H22N4O/c1-4-10-11(14-3)16-9-17-12(10)15-8-13(2)6-5-7-18-13/h9H,4-8H2,1-3H3,(H2,14,15,16,17). The van der Waals surface area contributed by atoms with Gasteiger partial charge in [0, 0.05) is 25.8 Å². The van der Waals surface area contributed by atoms with Crippen molar-refractivity contribution in [3.05, 3.63) is 11.9 Å². The lowest BCUT2D eigenvalue weighted by molar-refractivity contribution is 0.0314. The van der Waals surface area contributed by atoms with Crippen LogP contribution in [-0.2, 0) is 11.2 Å². The molecule has 0 aromatic carbocycles. The van der Waals surface area contributed by atoms with Crippen molar-refractivity contribution in [1.82, 2.24) is 9.97 Å². The third-order valence-electron chi connectivity index (χ3n) is 3.47. The van der Waals surface area contributed by atoms with E-state index >= 15 is 0 Å². The third kappa shape index (κ3) is 2.72. The number of ether oxygens (including phenoxy) is 1. The highest BCUT2D eigenvalue weighted by Gasteiger charge is 2.29. The molecule has 18 heavy (non-hydrogen) atoms. The summed E-state index contributed by atoms with van der Waals surface area (Å²) in [5, 5.41) is 6.51. The van der Waals surface area contributed by atoms with E-state index in [2.05, 4.69) is 34.4 Å². The molecule has 1 aromatic rings. The first-order valence-electron chi connectivity index (χ1n) is 6.58. The quantitative estimate of drug-likeness (QED) is 0.837. The van der Waals surface area contributed by atoms with Crippen LogP contribution in [0.2, 0.25) is 0 Å². The van der Waals surface area contributed by atoms with E-state index in [0.29, 0.717) is 0 Å². The zero-order valence-electron chi connectivity index (χ0n) is 11.4. The maximum absolute atomic E-state index is 5.77. The summed E-state index contributed by atoms with van der Waals surface area (Å²) >= 11 is 0. The summed E-state index contributed by atoms with van der Waals surface area (Å²) < 4.78 is 5.77. The van der Waals surface area contributed by atoms with Crippen LogP contribution in [0, 0.1) is 0 Å². The minimum absolute atomic E-state index is 0.0598. The second-order valence-corrected chi connectivity index (χ2v) is 4.91. The number of nitrogens with one attached hydrogen (secondary N) is 2. The molecule has 0 radical (unpaired) electrons. The largest absolute Gasteiger partial charge is 0.373 e. The van der Waals surface area contributed by atoms with Gasteiger partial charge in [-0.1, -0.05) is 6.92 Å². The summed E-state index contributed by atoms with van der Waals surface area (Å²) in [6.45, 7) is 5.92. The molecule has 0 bridgehead atoms. The van der Waals surface area contributed by atoms with Crippen molar-refractivity contribution in [1.29, 1.82) is 0 Å². The summed E-state index contributed by atoms with van der Waals surface area (Å²) in [6.07, 6.45) is 4.73. The van der Waals surface area contributed by atoms with Crippen molar-refractivity contribution in [3.63, 3.8) is 0 Å². The Balaban J connectivity index is 2.09. The number of rotatable bonds is 5. The highest BCUT2D eigenvalue weighted by Crippen LogP contribution is 2.26. The van der Waals surface area contributed by atoms with Crippen LogP contribution >= 0.6 is 0 Å². The summed E-state index contributed by atoms with van der Waals surface area (Å²) in [7, 11) is 1.88. The summed E-state index contributed by atoms with van der Waals surface area (Å²) in [6, 6.07) is 0. The Hall–Kier alpha value is -1.36. The van der Waals surface area contributed by atoms with Crippen LogP contribution in [0.5, 0.6) is 0 Å². The molecule has 0 amide bonds. The minimum Gasteiger partial charge on any atom is -0.373 e. The van der Waals surface area contributed by atoms with E-state index in [1.54, 1.807) is 6.33 Å². The monoisotopic (exact) mass is 250 g/mol. The Kier molecular flexibility index (Phi) is 4.01. The molecule has 1 aliphatic heterocycles. The first-order chi connectivity index (χ1) is 8.68. The molecule has 2 heterocycles. The van der Waals surface area contributed by atoms with Gasteiger partial charge in [-0.3, -0.25) is 0 Å². The molecule has 100 valence electrons. The second kappa shape index (κ2) is 5.52. The molecule has 0 spiro atoms. The molecular formula is C13H22N4O. The van der Waals surface area contributed by atoms with E-state index < -0.39 is 0 Å². The minimum atomic E-state index is -0.0598. The fourth-order valence-electron chi connectivity index (χ4n) is 2.36. The lowest BCUT2D eigenvalue weighted by Crippen LogP contribution is -2.33. The first kappa shape index (κ1) is 13.1. The molecular weight excluding hydrogens is 228 g/mol. The topological polar surface area (TPSA) is 59.1 Å². The lowest BCUT2D eigenvalue weighted by atomic mass is 10.0. The average molecular weight is 250 g/mol. The van der Waals surface area contributed by atoms with E-state index in [0.717, 1.165) is 49.6 Å². The number of nitrogens with zero attached hydrogens (tertiary/aromatic N) is 2. The van der Waals surface area contributed by atoms with Crippen LogP contribution in [-0.4, -0.2) is 35.8 Å². The molecule has 1 unspecified atom stereocenters. The normalized spacial score (nSPS) is 23.1. The molecule has 0 aliphatic carbocycles. The van der Waals surface area contributed by atoms with Gasteiger partial charge in [0.15, 0.2) is 0 Å². The Bertz CT molecular complexity index is 402. The smallest absolute Gasteiger partial charge is 0.134 e. The number of hydrogen-bond donors (Lipinski definition) is 2. The van der Waals surface area contributed by atoms with Crippen LogP contribution in [0.15, 0.2) is 6.33 Å². The van der Waals surface area contributed by atoms with Gasteiger partial charge < -0.3 is 15.4 Å². The molecule has 1 aliphatic rings. The summed E-state index contributed by atoms with van der Waals surface area (Å²) in [5.74, 6) is 1.81. The molecule has 1 fully saturated rings. The fourth-order valence-corrected chi connectivity index (χ4v) is 2.36. The third-order valence-corrected chi connectivity index (χ3v) is 3.47. The summed E-state index contributed by atoms with van der Waals surface area (Å²) in [4.78, 5) is 8.56. The average Bonchev–Trinajstić information content (AvgIpc) is 2.83. The number of anilines is 2. The summed E-state index contributed by atoms with van der Waals surface area (Å²) in [5.41, 5.74) is 1.07. The van der Waals surface area contributed by atoms with Crippen LogP contribution in [0.25, 0.3) is 0 Å². The van der Waals surface area contributed by atoms with Crippen molar-refractivity contribution in [2.45, 2.75) is 38.7 Å². The zero-order chi connectivity index (χ0) is 13.0. The number of hydrogen-bond acceptors (Lipinski definition) is 5. The van der Waals surface area contributed by atoms with Gasteiger partial charge in [-0.2, -0.15) is 0 Å². The SMILES string of the molecule is CCc1c(NC)ncnc1NCC1(C)CCCO1. The van der Waals surface area contributed by atoms with E-state index in [-0.39, 0.29) is 5.60 Å². The molecule has 5 heteroatoms. The van der Waals surface area contributed by atoms with Crippen LogP contribution < -0.4 is 10.6 Å². The van der Waals surface area contributed by atoms with Crippen LogP contribution in [0.4, 0.5) is 11.6 Å². The molecule has 2 N–H and O–H groups in total. The molecule has 2 rings (SSSR count). The fraction of sp³-hybridized carbons (Fsp3) is 0.692. The molecule has 5 nitrogen and oxygen atoms in total. The molecule has 1 saturated heterocycles. The zero-order valence-corrected chi connectivity index (χ0v) is 11.4. The maximum Gasteiger partial charge on any atom is 0.134 e. The Morgan fingerprint density at radius 2 is 2.17 bits per heavy atom. The second-order valence-electron chi connectivity index (χ2n) is 4.91. The molecule has 1 atom stereocenters. The first-order valence-corrected chi connectivity index (χ1v) is 6.58. The van der Waals surface area contributed by atoms with Gasteiger partial charge in [-0.15, -0.1) is 0 Å².